The third-order valence-electron chi connectivity index (χ3n) is 5.61. The van der Waals surface area contributed by atoms with Gasteiger partial charge in [-0.05, 0) is 62.3 Å². The van der Waals surface area contributed by atoms with Crippen LogP contribution in [0.3, 0.4) is 0 Å². The molecule has 1 atom stereocenters. The van der Waals surface area contributed by atoms with E-state index in [4.69, 9.17) is 4.74 Å². The van der Waals surface area contributed by atoms with Gasteiger partial charge in [0.1, 0.15) is 13.2 Å². The Morgan fingerprint density at radius 1 is 1.29 bits per heavy atom. The molecule has 0 radical (unpaired) electrons. The van der Waals surface area contributed by atoms with E-state index < -0.39 is 5.82 Å². The van der Waals surface area contributed by atoms with Crippen LogP contribution in [-0.4, -0.2) is 53.5 Å². The molecule has 2 aromatic rings. The zero-order valence-corrected chi connectivity index (χ0v) is 18.7. The number of urea groups is 1. The van der Waals surface area contributed by atoms with Crippen LogP contribution in [0.1, 0.15) is 43.2 Å². The zero-order valence-electron chi connectivity index (χ0n) is 17.8. The number of amides is 3. The zero-order chi connectivity index (χ0) is 22.0. The van der Waals surface area contributed by atoms with E-state index in [2.05, 4.69) is 5.32 Å². The van der Waals surface area contributed by atoms with E-state index in [-0.39, 0.29) is 49.0 Å². The van der Waals surface area contributed by atoms with E-state index in [0.29, 0.717) is 6.54 Å². The predicted octanol–water partition coefficient (Wildman–Crippen LogP) is 3.97. The number of carbonyl (C=O) groups is 2. The highest BCUT2D eigenvalue weighted by atomic mass is 32.1. The summed E-state index contributed by atoms with van der Waals surface area (Å²) in [7, 11) is 0. The van der Waals surface area contributed by atoms with Gasteiger partial charge in [-0.3, -0.25) is 4.79 Å². The molecule has 3 amide bonds. The molecule has 2 heterocycles. The lowest BCUT2D eigenvalue weighted by molar-refractivity contribution is -0.135. The molecule has 2 aliphatic rings. The van der Waals surface area contributed by atoms with Crippen molar-refractivity contribution in [1.29, 1.82) is 0 Å². The second-order valence-electron chi connectivity index (χ2n) is 8.36. The van der Waals surface area contributed by atoms with Crippen LogP contribution in [0, 0.1) is 5.82 Å². The van der Waals surface area contributed by atoms with Gasteiger partial charge in [-0.15, -0.1) is 11.3 Å². The van der Waals surface area contributed by atoms with E-state index >= 15 is 0 Å². The quantitative estimate of drug-likeness (QED) is 0.701. The van der Waals surface area contributed by atoms with Crippen molar-refractivity contribution >= 4 is 23.3 Å². The topological polar surface area (TPSA) is 61.9 Å². The second-order valence-corrected chi connectivity index (χ2v) is 9.36. The average Bonchev–Trinajstić information content (AvgIpc) is 3.46. The molecule has 31 heavy (non-hydrogen) atoms. The first kappa shape index (κ1) is 21.6. The Morgan fingerprint density at radius 3 is 2.77 bits per heavy atom. The highest BCUT2D eigenvalue weighted by Crippen LogP contribution is 2.35. The number of para-hydroxylation sites is 1. The van der Waals surface area contributed by atoms with Gasteiger partial charge in [-0.2, -0.15) is 0 Å². The van der Waals surface area contributed by atoms with Crippen LogP contribution in [0.25, 0.3) is 0 Å². The summed E-state index contributed by atoms with van der Waals surface area (Å²) in [5, 5.41) is 4.91. The van der Waals surface area contributed by atoms with Crippen molar-refractivity contribution in [3.05, 3.63) is 52.0 Å². The van der Waals surface area contributed by atoms with Crippen molar-refractivity contribution in [1.82, 2.24) is 15.1 Å². The molecular weight excluding hydrogens is 417 g/mol. The van der Waals surface area contributed by atoms with Crippen LogP contribution in [-0.2, 0) is 11.2 Å². The first-order chi connectivity index (χ1) is 14.9. The van der Waals surface area contributed by atoms with Crippen LogP contribution in [0.15, 0.2) is 35.7 Å². The molecule has 0 saturated heterocycles. The summed E-state index contributed by atoms with van der Waals surface area (Å²) in [5.41, 5.74) is 1.05. The number of hydrogen-bond acceptors (Lipinski definition) is 4. The van der Waals surface area contributed by atoms with Crippen LogP contribution in [0.2, 0.25) is 0 Å². The molecule has 6 nitrogen and oxygen atoms in total. The van der Waals surface area contributed by atoms with E-state index in [1.54, 1.807) is 39.3 Å². The Bertz CT molecular complexity index is 944. The highest BCUT2D eigenvalue weighted by molar-refractivity contribution is 7.10. The van der Waals surface area contributed by atoms with E-state index in [0.717, 1.165) is 24.8 Å². The minimum atomic E-state index is -0.424. The summed E-state index contributed by atoms with van der Waals surface area (Å²) in [6.45, 7) is 4.58. The van der Waals surface area contributed by atoms with Gasteiger partial charge < -0.3 is 19.9 Å². The minimum Gasteiger partial charge on any atom is -0.488 e. The van der Waals surface area contributed by atoms with Crippen molar-refractivity contribution in [2.75, 3.05) is 19.7 Å². The Kier molecular flexibility index (Phi) is 6.46. The fraction of sp³-hybridized carbons (Fsp3) is 0.478. The number of carbonyl (C=O) groups excluding carboxylic acids is 2. The first-order valence-electron chi connectivity index (χ1n) is 10.7. The molecule has 1 saturated carbocycles. The van der Waals surface area contributed by atoms with Gasteiger partial charge in [-0.1, -0.05) is 12.1 Å². The van der Waals surface area contributed by atoms with Gasteiger partial charge in [0.2, 0.25) is 5.91 Å². The Morgan fingerprint density at radius 2 is 2.06 bits per heavy atom. The number of ether oxygens (including phenoxy) is 1. The molecule has 1 aromatic carbocycles. The molecular formula is C23H28FN3O3S. The molecule has 0 spiro atoms. The third-order valence-corrected chi connectivity index (χ3v) is 6.61. The van der Waals surface area contributed by atoms with Gasteiger partial charge in [0, 0.05) is 23.5 Å². The van der Waals surface area contributed by atoms with E-state index in [9.17, 15) is 14.0 Å². The smallest absolute Gasteiger partial charge is 0.318 e. The molecule has 166 valence electrons. The summed E-state index contributed by atoms with van der Waals surface area (Å²) in [6, 6.07) is 7.92. The molecule has 1 aromatic heterocycles. The Hall–Kier alpha value is -2.61. The lowest BCUT2D eigenvalue weighted by Crippen LogP contribution is -2.51. The van der Waals surface area contributed by atoms with Crippen molar-refractivity contribution in [2.24, 2.45) is 0 Å². The number of nitrogens with one attached hydrogen (secondary N) is 1. The monoisotopic (exact) mass is 445 g/mol. The van der Waals surface area contributed by atoms with Crippen molar-refractivity contribution in [2.45, 2.75) is 51.2 Å². The van der Waals surface area contributed by atoms with Gasteiger partial charge in [0.05, 0.1) is 6.04 Å². The summed E-state index contributed by atoms with van der Waals surface area (Å²) in [5.74, 6) is -0.357. The van der Waals surface area contributed by atoms with Crippen molar-refractivity contribution in [3.8, 4) is 5.75 Å². The molecule has 8 heteroatoms. The van der Waals surface area contributed by atoms with Crippen LogP contribution >= 0.6 is 11.3 Å². The number of halogens is 1. The number of benzene rings is 1. The highest BCUT2D eigenvalue weighted by Gasteiger charge is 2.38. The lowest BCUT2D eigenvalue weighted by atomic mass is 10.0. The van der Waals surface area contributed by atoms with Crippen LogP contribution in [0.4, 0.5) is 9.18 Å². The standard InChI is InChI=1S/C23H28FN3O3S/c1-15(2)25-23(29)27(16-7-8-16)13-22(28)26-11-9-21-17(10-12-31-21)19(26)14-30-20-6-4-3-5-18(20)24/h3-6,10,12,15-16,19H,7-9,11,13-14H2,1-2H3,(H,25,29). The molecule has 1 aliphatic heterocycles. The molecule has 1 unspecified atom stereocenters. The Labute approximate surface area is 186 Å². The fourth-order valence-electron chi connectivity index (χ4n) is 3.92. The van der Waals surface area contributed by atoms with Crippen molar-refractivity contribution in [3.63, 3.8) is 0 Å². The molecule has 4 rings (SSSR count). The maximum atomic E-state index is 14.0. The van der Waals surface area contributed by atoms with Gasteiger partial charge in [0.15, 0.2) is 11.6 Å². The van der Waals surface area contributed by atoms with Crippen LogP contribution in [0.5, 0.6) is 5.75 Å². The number of fused-ring (bicyclic) bond motifs is 1. The predicted molar refractivity (Wildman–Crippen MR) is 118 cm³/mol. The normalized spacial score (nSPS) is 17.9. The third kappa shape index (κ3) is 5.01. The first-order valence-corrected chi connectivity index (χ1v) is 11.6. The number of hydrogen-bond donors (Lipinski definition) is 1. The molecule has 1 aliphatic carbocycles. The largest absolute Gasteiger partial charge is 0.488 e. The number of nitrogens with zero attached hydrogens (tertiary/aromatic N) is 2. The van der Waals surface area contributed by atoms with Gasteiger partial charge in [0.25, 0.3) is 0 Å². The van der Waals surface area contributed by atoms with Gasteiger partial charge >= 0.3 is 6.03 Å². The second kappa shape index (κ2) is 9.26. The van der Waals surface area contributed by atoms with Gasteiger partial charge in [-0.25, -0.2) is 9.18 Å². The molecule has 1 fully saturated rings. The molecule has 1 N–H and O–H groups in total. The number of thiophene rings is 1. The lowest BCUT2D eigenvalue weighted by Gasteiger charge is -2.37. The van der Waals surface area contributed by atoms with Crippen molar-refractivity contribution < 1.29 is 18.7 Å². The fourth-order valence-corrected chi connectivity index (χ4v) is 4.85. The molecule has 0 bridgehead atoms. The SMILES string of the molecule is CC(C)NC(=O)N(CC(=O)N1CCc2sccc2C1COc1ccccc1F)C1CC1. The summed E-state index contributed by atoms with van der Waals surface area (Å²) < 4.78 is 19.8. The summed E-state index contributed by atoms with van der Waals surface area (Å²) in [6.07, 6.45) is 2.62. The summed E-state index contributed by atoms with van der Waals surface area (Å²) in [4.78, 5) is 30.6. The maximum Gasteiger partial charge on any atom is 0.318 e. The van der Waals surface area contributed by atoms with E-state index in [1.165, 1.54) is 10.9 Å². The summed E-state index contributed by atoms with van der Waals surface area (Å²) >= 11 is 1.67. The average molecular weight is 446 g/mol. The minimum absolute atomic E-state index is 0.00845. The maximum absolute atomic E-state index is 14.0. The van der Waals surface area contributed by atoms with Crippen LogP contribution < -0.4 is 10.1 Å². The Balaban J connectivity index is 1.50. The van der Waals surface area contributed by atoms with E-state index in [1.807, 2.05) is 25.3 Å². The number of rotatable bonds is 7.